The second kappa shape index (κ2) is 3.65. The summed E-state index contributed by atoms with van der Waals surface area (Å²) in [5.74, 6) is 0. The summed E-state index contributed by atoms with van der Waals surface area (Å²) in [5.41, 5.74) is 3.18. The summed E-state index contributed by atoms with van der Waals surface area (Å²) < 4.78 is 2.55. The van der Waals surface area contributed by atoms with Crippen LogP contribution in [-0.2, 0) is 5.41 Å². The van der Waals surface area contributed by atoms with Gasteiger partial charge in [-0.15, -0.1) is 0 Å². The molecule has 0 unspecified atom stereocenters. The molecule has 0 amide bonds. The van der Waals surface area contributed by atoms with Crippen LogP contribution < -0.4 is 0 Å². The summed E-state index contributed by atoms with van der Waals surface area (Å²) in [4.78, 5) is 7.93. The van der Waals surface area contributed by atoms with Crippen molar-refractivity contribution in [1.82, 2.24) is 14.4 Å². The first-order valence-corrected chi connectivity index (χ1v) is 6.38. The van der Waals surface area contributed by atoms with E-state index in [4.69, 9.17) is 12.2 Å². The van der Waals surface area contributed by atoms with E-state index >= 15 is 0 Å². The summed E-state index contributed by atoms with van der Waals surface area (Å²) >= 11 is 5.35. The van der Waals surface area contributed by atoms with E-state index in [1.54, 1.807) is 0 Å². The van der Waals surface area contributed by atoms with E-state index in [1.165, 1.54) is 0 Å². The topological polar surface area (TPSA) is 33.1 Å². The zero-order chi connectivity index (χ0) is 12.9. The molecule has 0 saturated carbocycles. The molecule has 92 valence electrons. The van der Waals surface area contributed by atoms with Crippen LogP contribution in [0, 0.1) is 4.77 Å². The maximum absolute atomic E-state index is 5.35. The van der Waals surface area contributed by atoms with Gasteiger partial charge in [0.2, 0.25) is 4.77 Å². The molecule has 0 bridgehead atoms. The summed E-state index contributed by atoms with van der Waals surface area (Å²) in [6.07, 6.45) is 2.05. The number of benzene rings is 1. The Kier molecular flexibility index (Phi) is 2.32. The van der Waals surface area contributed by atoms with Crippen LogP contribution in [0.2, 0.25) is 0 Å². The Morgan fingerprint density at radius 3 is 2.67 bits per heavy atom. The molecule has 0 fully saturated rings. The SMILES string of the molecule is CC(C)(C)c1cn2c(=S)nc3ccccc3c2[nH]1. The van der Waals surface area contributed by atoms with Crippen LogP contribution in [0.25, 0.3) is 16.6 Å². The molecule has 1 N–H and O–H groups in total. The van der Waals surface area contributed by atoms with Crippen molar-refractivity contribution in [3.8, 4) is 0 Å². The van der Waals surface area contributed by atoms with Crippen LogP contribution in [0.15, 0.2) is 30.5 Å². The summed E-state index contributed by atoms with van der Waals surface area (Å²) in [7, 11) is 0. The van der Waals surface area contributed by atoms with Crippen LogP contribution in [0.4, 0.5) is 0 Å². The molecule has 18 heavy (non-hydrogen) atoms. The third-order valence-corrected chi connectivity index (χ3v) is 3.43. The molecule has 0 saturated heterocycles. The lowest BCUT2D eigenvalue weighted by Gasteiger charge is -2.14. The predicted molar refractivity (Wildman–Crippen MR) is 76.6 cm³/mol. The van der Waals surface area contributed by atoms with Gasteiger partial charge in [0.1, 0.15) is 5.65 Å². The number of para-hydroxylation sites is 1. The zero-order valence-corrected chi connectivity index (χ0v) is 11.5. The van der Waals surface area contributed by atoms with Gasteiger partial charge in [-0.2, -0.15) is 0 Å². The molecule has 3 nitrogen and oxygen atoms in total. The van der Waals surface area contributed by atoms with Crippen LogP contribution in [0.3, 0.4) is 0 Å². The van der Waals surface area contributed by atoms with Gasteiger partial charge in [-0.25, -0.2) is 4.98 Å². The van der Waals surface area contributed by atoms with Crippen molar-refractivity contribution in [2.45, 2.75) is 26.2 Å². The third-order valence-electron chi connectivity index (χ3n) is 3.14. The van der Waals surface area contributed by atoms with Crippen molar-refractivity contribution in [3.63, 3.8) is 0 Å². The van der Waals surface area contributed by atoms with E-state index in [2.05, 4.69) is 43.0 Å². The number of hydrogen-bond donors (Lipinski definition) is 1. The van der Waals surface area contributed by atoms with Crippen LogP contribution >= 0.6 is 12.2 Å². The van der Waals surface area contributed by atoms with Gasteiger partial charge in [0.25, 0.3) is 0 Å². The molecule has 2 aromatic heterocycles. The van der Waals surface area contributed by atoms with Gasteiger partial charge in [-0.1, -0.05) is 32.9 Å². The fourth-order valence-electron chi connectivity index (χ4n) is 2.07. The highest BCUT2D eigenvalue weighted by Gasteiger charge is 2.17. The second-order valence-electron chi connectivity index (χ2n) is 5.55. The molecule has 0 aliphatic heterocycles. The molecule has 0 aliphatic rings. The Balaban J connectivity index is 2.49. The van der Waals surface area contributed by atoms with E-state index in [-0.39, 0.29) is 5.41 Å². The highest BCUT2D eigenvalue weighted by molar-refractivity contribution is 7.71. The van der Waals surface area contributed by atoms with Crippen molar-refractivity contribution in [2.24, 2.45) is 0 Å². The molecule has 2 heterocycles. The highest BCUT2D eigenvalue weighted by Crippen LogP contribution is 2.24. The first kappa shape index (κ1) is 11.4. The van der Waals surface area contributed by atoms with E-state index in [9.17, 15) is 0 Å². The average molecular weight is 257 g/mol. The Hall–Kier alpha value is -1.68. The lowest BCUT2D eigenvalue weighted by Crippen LogP contribution is -2.11. The lowest BCUT2D eigenvalue weighted by molar-refractivity contribution is 0.573. The highest BCUT2D eigenvalue weighted by atomic mass is 32.1. The molecule has 4 heteroatoms. The maximum Gasteiger partial charge on any atom is 0.205 e. The van der Waals surface area contributed by atoms with Gasteiger partial charge in [-0.3, -0.25) is 4.40 Å². The predicted octanol–water partition coefficient (Wildman–Crippen LogP) is 3.84. The monoisotopic (exact) mass is 257 g/mol. The summed E-state index contributed by atoms with van der Waals surface area (Å²) in [6.45, 7) is 6.53. The van der Waals surface area contributed by atoms with Gasteiger partial charge in [0.05, 0.1) is 5.52 Å². The van der Waals surface area contributed by atoms with Gasteiger partial charge in [-0.05, 0) is 24.4 Å². The number of nitrogens with one attached hydrogen (secondary N) is 1. The number of imidazole rings is 1. The van der Waals surface area contributed by atoms with Gasteiger partial charge >= 0.3 is 0 Å². The van der Waals surface area contributed by atoms with Gasteiger partial charge in [0, 0.05) is 22.7 Å². The standard InChI is InChI=1S/C14H15N3S/c1-14(2,3)11-8-17-12(16-11)9-6-4-5-7-10(9)15-13(17)18/h4-8,16H,1-3H3. The normalized spacial score (nSPS) is 12.4. The molecular formula is C14H15N3S. The minimum absolute atomic E-state index is 0.0644. The number of hydrogen-bond acceptors (Lipinski definition) is 2. The molecule has 0 atom stereocenters. The number of nitrogens with zero attached hydrogens (tertiary/aromatic N) is 2. The van der Waals surface area contributed by atoms with Crippen molar-refractivity contribution in [1.29, 1.82) is 0 Å². The zero-order valence-electron chi connectivity index (χ0n) is 10.7. The summed E-state index contributed by atoms with van der Waals surface area (Å²) in [5, 5.41) is 1.10. The number of fused-ring (bicyclic) bond motifs is 3. The quantitative estimate of drug-likeness (QED) is 0.621. The number of H-pyrrole nitrogens is 1. The van der Waals surface area contributed by atoms with Crippen LogP contribution in [0.1, 0.15) is 26.5 Å². The van der Waals surface area contributed by atoms with E-state index in [0.717, 1.165) is 22.2 Å². The second-order valence-corrected chi connectivity index (χ2v) is 5.91. The summed E-state index contributed by atoms with van der Waals surface area (Å²) in [6, 6.07) is 8.05. The smallest absolute Gasteiger partial charge is 0.205 e. The average Bonchev–Trinajstić information content (AvgIpc) is 2.74. The van der Waals surface area contributed by atoms with Crippen molar-refractivity contribution in [2.75, 3.05) is 0 Å². The van der Waals surface area contributed by atoms with Crippen molar-refractivity contribution < 1.29 is 0 Å². The fourth-order valence-corrected chi connectivity index (χ4v) is 2.31. The Morgan fingerprint density at radius 2 is 1.94 bits per heavy atom. The van der Waals surface area contributed by atoms with Crippen molar-refractivity contribution in [3.05, 3.63) is 40.9 Å². The Morgan fingerprint density at radius 1 is 1.22 bits per heavy atom. The van der Waals surface area contributed by atoms with E-state index in [0.29, 0.717) is 4.77 Å². The molecule has 1 aromatic carbocycles. The largest absolute Gasteiger partial charge is 0.342 e. The number of rotatable bonds is 0. The van der Waals surface area contributed by atoms with Crippen LogP contribution in [-0.4, -0.2) is 14.4 Å². The van der Waals surface area contributed by atoms with E-state index < -0.39 is 0 Å². The lowest BCUT2D eigenvalue weighted by atomic mass is 9.93. The molecule has 0 radical (unpaired) electrons. The molecular weight excluding hydrogens is 242 g/mol. The minimum Gasteiger partial charge on any atom is -0.342 e. The molecule has 3 rings (SSSR count). The first-order valence-electron chi connectivity index (χ1n) is 5.97. The van der Waals surface area contributed by atoms with Crippen LogP contribution in [0.5, 0.6) is 0 Å². The number of aromatic nitrogens is 3. The van der Waals surface area contributed by atoms with Gasteiger partial charge < -0.3 is 4.98 Å². The minimum atomic E-state index is 0.0644. The van der Waals surface area contributed by atoms with Crippen molar-refractivity contribution >= 4 is 28.8 Å². The maximum atomic E-state index is 5.35. The Bertz CT molecular complexity index is 790. The number of aromatic amines is 1. The fraction of sp³-hybridized carbons (Fsp3) is 0.286. The van der Waals surface area contributed by atoms with E-state index in [1.807, 2.05) is 22.6 Å². The third kappa shape index (κ3) is 1.64. The molecule has 0 aliphatic carbocycles. The molecule has 0 spiro atoms. The molecule has 3 aromatic rings. The Labute approximate surface area is 110 Å². The first-order chi connectivity index (χ1) is 8.47. The van der Waals surface area contributed by atoms with Gasteiger partial charge in [0.15, 0.2) is 0 Å².